The van der Waals surface area contributed by atoms with Crippen molar-refractivity contribution in [3.8, 4) is 0 Å². The highest BCUT2D eigenvalue weighted by molar-refractivity contribution is 5.11. The molecule has 0 saturated heterocycles. The predicted octanol–water partition coefficient (Wildman–Crippen LogP) is 3.63. The molecule has 0 spiro atoms. The van der Waals surface area contributed by atoms with Gasteiger partial charge in [0.25, 0.3) is 0 Å². The maximum absolute atomic E-state index is 2.50. The molecule has 0 amide bonds. The van der Waals surface area contributed by atoms with Crippen molar-refractivity contribution in [1.29, 1.82) is 0 Å². The minimum atomic E-state index is 0.656. The van der Waals surface area contributed by atoms with Crippen molar-refractivity contribution in [2.24, 2.45) is 29.1 Å². The zero-order chi connectivity index (χ0) is 9.05. The maximum Gasteiger partial charge on any atom is -0.0197 e. The Morgan fingerprint density at radius 2 is 2.00 bits per heavy atom. The van der Waals surface area contributed by atoms with Crippen LogP contribution >= 0.6 is 0 Å². The van der Waals surface area contributed by atoms with E-state index in [9.17, 15) is 0 Å². The van der Waals surface area contributed by atoms with Gasteiger partial charge in [-0.3, -0.25) is 0 Å². The van der Waals surface area contributed by atoms with E-state index in [0.717, 1.165) is 23.7 Å². The third-order valence-electron chi connectivity index (χ3n) is 4.67. The highest BCUT2D eigenvalue weighted by atomic mass is 14.5. The number of fused-ring (bicyclic) bond motifs is 3. The first kappa shape index (κ1) is 8.08. The average molecular weight is 176 g/mol. The van der Waals surface area contributed by atoms with Crippen molar-refractivity contribution in [3.05, 3.63) is 12.2 Å². The second-order valence-electron chi connectivity index (χ2n) is 6.22. The van der Waals surface area contributed by atoms with Gasteiger partial charge >= 0.3 is 0 Å². The molecule has 2 saturated carbocycles. The van der Waals surface area contributed by atoms with Gasteiger partial charge < -0.3 is 0 Å². The van der Waals surface area contributed by atoms with Gasteiger partial charge in [-0.1, -0.05) is 26.0 Å². The normalized spacial score (nSPS) is 50.9. The molecule has 3 aliphatic carbocycles. The molecule has 0 radical (unpaired) electrons. The van der Waals surface area contributed by atoms with E-state index in [0.29, 0.717) is 5.41 Å². The number of hydrogen-bond acceptors (Lipinski definition) is 0. The predicted molar refractivity (Wildman–Crippen MR) is 55.3 cm³/mol. The van der Waals surface area contributed by atoms with Gasteiger partial charge in [-0.25, -0.2) is 0 Å². The quantitative estimate of drug-likeness (QED) is 0.494. The van der Waals surface area contributed by atoms with E-state index in [-0.39, 0.29) is 0 Å². The van der Waals surface area contributed by atoms with Gasteiger partial charge in [0.2, 0.25) is 0 Å². The lowest BCUT2D eigenvalue weighted by molar-refractivity contribution is 0.292. The van der Waals surface area contributed by atoms with Crippen molar-refractivity contribution in [2.75, 3.05) is 0 Å². The molecule has 2 unspecified atom stereocenters. The number of hydrogen-bond donors (Lipinski definition) is 0. The Morgan fingerprint density at radius 1 is 1.15 bits per heavy atom. The second kappa shape index (κ2) is 2.40. The smallest absolute Gasteiger partial charge is 0.0197 e. The Bertz CT molecular complexity index is 249. The lowest BCUT2D eigenvalue weighted by Gasteiger charge is -2.22. The summed E-state index contributed by atoms with van der Waals surface area (Å²) < 4.78 is 0. The van der Waals surface area contributed by atoms with Gasteiger partial charge in [0, 0.05) is 0 Å². The molecule has 3 rings (SSSR count). The highest BCUT2D eigenvalue weighted by Gasteiger charge is 2.50. The van der Waals surface area contributed by atoms with Crippen LogP contribution in [0, 0.1) is 29.1 Å². The Morgan fingerprint density at radius 3 is 2.85 bits per heavy atom. The van der Waals surface area contributed by atoms with Gasteiger partial charge in [0.15, 0.2) is 0 Å². The SMILES string of the molecule is CC1(C)C[C@@H]2CC3C=CCC3[C@@H]2C1. The van der Waals surface area contributed by atoms with Crippen LogP contribution in [0.4, 0.5) is 0 Å². The summed E-state index contributed by atoms with van der Waals surface area (Å²) in [6.45, 7) is 4.92. The van der Waals surface area contributed by atoms with Crippen LogP contribution in [0.2, 0.25) is 0 Å². The van der Waals surface area contributed by atoms with E-state index in [4.69, 9.17) is 0 Å². The maximum atomic E-state index is 2.50. The van der Waals surface area contributed by atoms with Crippen LogP contribution in [0.3, 0.4) is 0 Å². The molecule has 0 nitrogen and oxygen atoms in total. The lowest BCUT2D eigenvalue weighted by Crippen LogP contribution is -2.13. The summed E-state index contributed by atoms with van der Waals surface area (Å²) in [6, 6.07) is 0. The van der Waals surface area contributed by atoms with Crippen LogP contribution in [0.5, 0.6) is 0 Å². The fraction of sp³-hybridized carbons (Fsp3) is 0.846. The van der Waals surface area contributed by atoms with Gasteiger partial charge in [0.1, 0.15) is 0 Å². The summed E-state index contributed by atoms with van der Waals surface area (Å²) >= 11 is 0. The monoisotopic (exact) mass is 176 g/mol. The fourth-order valence-corrected chi connectivity index (χ4v) is 4.33. The third kappa shape index (κ3) is 1.11. The Kier molecular flexibility index (Phi) is 1.49. The Labute approximate surface area is 81.4 Å². The van der Waals surface area contributed by atoms with Crippen molar-refractivity contribution in [1.82, 2.24) is 0 Å². The Hall–Kier alpha value is -0.260. The summed E-state index contributed by atoms with van der Waals surface area (Å²) in [7, 11) is 0. The average Bonchev–Trinajstić information content (AvgIpc) is 2.58. The van der Waals surface area contributed by atoms with Crippen LogP contribution in [-0.4, -0.2) is 0 Å². The molecule has 0 heteroatoms. The third-order valence-corrected chi connectivity index (χ3v) is 4.67. The summed E-state index contributed by atoms with van der Waals surface area (Å²) in [5.41, 5.74) is 0.656. The van der Waals surface area contributed by atoms with Crippen LogP contribution in [0.25, 0.3) is 0 Å². The highest BCUT2D eigenvalue weighted by Crippen LogP contribution is 2.59. The molecule has 0 heterocycles. The van der Waals surface area contributed by atoms with E-state index >= 15 is 0 Å². The number of allylic oxidation sites excluding steroid dienone is 2. The molecule has 0 aromatic carbocycles. The van der Waals surface area contributed by atoms with E-state index < -0.39 is 0 Å². The summed E-state index contributed by atoms with van der Waals surface area (Å²) in [6.07, 6.45) is 10.8. The van der Waals surface area contributed by atoms with Crippen molar-refractivity contribution in [3.63, 3.8) is 0 Å². The fourth-order valence-electron chi connectivity index (χ4n) is 4.33. The van der Waals surface area contributed by atoms with E-state index in [2.05, 4.69) is 26.0 Å². The molecular weight excluding hydrogens is 156 g/mol. The summed E-state index contributed by atoms with van der Waals surface area (Å²) in [5, 5.41) is 0. The minimum Gasteiger partial charge on any atom is -0.0879 e. The molecule has 13 heavy (non-hydrogen) atoms. The standard InChI is InChI=1S/C13H20/c1-13(2)7-10-6-9-4-3-5-11(9)12(10)8-13/h3-4,9-12H,5-8H2,1-2H3/t9?,10-,11?,12+/m0/s1. The molecule has 72 valence electrons. The largest absolute Gasteiger partial charge is 0.0879 e. The lowest BCUT2D eigenvalue weighted by atomic mass is 9.83. The van der Waals surface area contributed by atoms with E-state index in [1.165, 1.54) is 25.7 Å². The molecule has 0 N–H and O–H groups in total. The van der Waals surface area contributed by atoms with E-state index in [1.807, 2.05) is 0 Å². The molecule has 2 fully saturated rings. The molecule has 3 aliphatic rings. The van der Waals surface area contributed by atoms with Crippen LogP contribution in [-0.2, 0) is 0 Å². The molecular formula is C13H20. The van der Waals surface area contributed by atoms with Gasteiger partial charge in [-0.05, 0) is 54.8 Å². The molecule has 4 atom stereocenters. The Balaban J connectivity index is 1.83. The first-order chi connectivity index (χ1) is 6.16. The molecule has 0 aromatic rings. The molecule has 0 aliphatic heterocycles. The summed E-state index contributed by atoms with van der Waals surface area (Å²) in [4.78, 5) is 0. The van der Waals surface area contributed by atoms with Crippen LogP contribution in [0.15, 0.2) is 12.2 Å². The topological polar surface area (TPSA) is 0 Å². The molecule has 0 bridgehead atoms. The second-order valence-corrected chi connectivity index (χ2v) is 6.22. The van der Waals surface area contributed by atoms with Gasteiger partial charge in [-0.15, -0.1) is 0 Å². The first-order valence-electron chi connectivity index (χ1n) is 5.82. The van der Waals surface area contributed by atoms with Crippen molar-refractivity contribution < 1.29 is 0 Å². The van der Waals surface area contributed by atoms with Gasteiger partial charge in [0.05, 0.1) is 0 Å². The van der Waals surface area contributed by atoms with Crippen LogP contribution in [0.1, 0.15) is 39.5 Å². The first-order valence-corrected chi connectivity index (χ1v) is 5.82. The summed E-state index contributed by atoms with van der Waals surface area (Å²) in [5.74, 6) is 4.18. The zero-order valence-corrected chi connectivity index (χ0v) is 8.79. The zero-order valence-electron chi connectivity index (χ0n) is 8.79. The molecule has 0 aromatic heterocycles. The number of rotatable bonds is 0. The van der Waals surface area contributed by atoms with Crippen molar-refractivity contribution >= 4 is 0 Å². The van der Waals surface area contributed by atoms with Gasteiger partial charge in [-0.2, -0.15) is 0 Å². The minimum absolute atomic E-state index is 0.656. The van der Waals surface area contributed by atoms with Crippen LogP contribution < -0.4 is 0 Å². The van der Waals surface area contributed by atoms with Crippen molar-refractivity contribution in [2.45, 2.75) is 39.5 Å². The van der Waals surface area contributed by atoms with E-state index in [1.54, 1.807) is 0 Å².